The Hall–Kier alpha value is -2.60. The van der Waals surface area contributed by atoms with Crippen molar-refractivity contribution in [2.45, 2.75) is 82.6 Å². The molecule has 35 heavy (non-hydrogen) atoms. The van der Waals surface area contributed by atoms with E-state index >= 15 is 0 Å². The zero-order valence-electron chi connectivity index (χ0n) is 20.5. The van der Waals surface area contributed by atoms with Crippen LogP contribution in [0.5, 0.6) is 0 Å². The largest absolute Gasteiger partial charge is 0.378 e. The number of hydrogen-bond acceptors (Lipinski definition) is 5. The smallest absolute Gasteiger partial charge is 0.268 e. The second-order valence-corrected chi connectivity index (χ2v) is 11.4. The molecule has 2 amide bonds. The Kier molecular flexibility index (Phi) is 7.14. The zero-order chi connectivity index (χ0) is 25.4. The van der Waals surface area contributed by atoms with Crippen molar-refractivity contribution in [3.8, 4) is 6.07 Å². The predicted octanol–water partition coefficient (Wildman–Crippen LogP) is 3.60. The van der Waals surface area contributed by atoms with Crippen LogP contribution in [0.2, 0.25) is 5.02 Å². The number of rotatable bonds is 8. The van der Waals surface area contributed by atoms with E-state index in [1.165, 1.54) is 0 Å². The number of para-hydroxylation sites is 1. The highest BCUT2D eigenvalue weighted by atomic mass is 35.5. The monoisotopic (exact) mass is 499 g/mol. The Labute approximate surface area is 210 Å². The van der Waals surface area contributed by atoms with E-state index in [9.17, 15) is 20.0 Å². The van der Waals surface area contributed by atoms with Gasteiger partial charge in [-0.05, 0) is 64.5 Å². The van der Waals surface area contributed by atoms with Crippen LogP contribution in [0.4, 0.5) is 0 Å². The molecule has 2 fully saturated rings. The van der Waals surface area contributed by atoms with Crippen LogP contribution in [0, 0.1) is 23.2 Å². The highest BCUT2D eigenvalue weighted by Crippen LogP contribution is 2.34. The van der Waals surface area contributed by atoms with Gasteiger partial charge in [0.25, 0.3) is 5.91 Å². The fourth-order valence-electron chi connectivity index (χ4n) is 4.91. The summed E-state index contributed by atoms with van der Waals surface area (Å²) in [7, 11) is 0. The van der Waals surface area contributed by atoms with Crippen molar-refractivity contribution in [3.63, 3.8) is 0 Å². The molecule has 0 spiro atoms. The fraction of sp³-hybridized carbons (Fsp3) is 0.577. The molecule has 188 valence electrons. The first-order chi connectivity index (χ1) is 16.5. The van der Waals surface area contributed by atoms with Crippen LogP contribution in [-0.4, -0.2) is 45.3 Å². The van der Waals surface area contributed by atoms with Crippen LogP contribution >= 0.6 is 11.6 Å². The Morgan fingerprint density at radius 2 is 2.09 bits per heavy atom. The lowest BCUT2D eigenvalue weighted by Gasteiger charge is -2.42. The maximum Gasteiger partial charge on any atom is 0.268 e. The summed E-state index contributed by atoms with van der Waals surface area (Å²) in [5, 5.41) is 30.7. The minimum atomic E-state index is -1.17. The second-order valence-electron chi connectivity index (χ2n) is 11.0. The van der Waals surface area contributed by atoms with E-state index < -0.39 is 23.7 Å². The number of aliphatic hydroxyl groups excluding tert-OH is 1. The Balaban J connectivity index is 1.45. The number of carbonyl (C=O) groups excluding carboxylic acids is 2. The first kappa shape index (κ1) is 25.5. The van der Waals surface area contributed by atoms with E-state index in [0.717, 1.165) is 31.1 Å². The molecule has 4 atom stereocenters. The Morgan fingerprint density at radius 1 is 1.34 bits per heavy atom. The van der Waals surface area contributed by atoms with Gasteiger partial charge in [-0.15, -0.1) is 0 Å². The maximum atomic E-state index is 13.3. The van der Waals surface area contributed by atoms with E-state index in [1.54, 1.807) is 19.1 Å². The standard InChI is InChI=1S/C26H34ClN5O3/c1-25(2)10-9-17(22(33)31-25)13-26(3,14-28)32-24(35)19(11-15-7-8-15)30-23(34)20-12-16-5-4-6-18(27)21(16)29-20/h4-6,12,15,17,19,22,29,31,33H,7-11,13H2,1-3H3,(H,30,34)(H,32,35). The third kappa shape index (κ3) is 6.16. The Morgan fingerprint density at radius 3 is 2.71 bits per heavy atom. The van der Waals surface area contributed by atoms with Gasteiger partial charge in [-0.3, -0.25) is 14.9 Å². The summed E-state index contributed by atoms with van der Waals surface area (Å²) in [6.45, 7) is 5.74. The van der Waals surface area contributed by atoms with Crippen molar-refractivity contribution in [1.29, 1.82) is 5.26 Å². The normalized spacial score (nSPS) is 24.2. The van der Waals surface area contributed by atoms with Crippen molar-refractivity contribution in [1.82, 2.24) is 20.9 Å². The number of aromatic nitrogens is 1. The minimum absolute atomic E-state index is 0.166. The number of fused-ring (bicyclic) bond motifs is 1. The summed E-state index contributed by atoms with van der Waals surface area (Å²) in [5.41, 5.74) is -0.354. The van der Waals surface area contributed by atoms with E-state index in [1.807, 2.05) is 26.0 Å². The first-order valence-corrected chi connectivity index (χ1v) is 12.6. The number of amides is 2. The third-order valence-electron chi connectivity index (χ3n) is 7.18. The average Bonchev–Trinajstić information content (AvgIpc) is 3.49. The molecular weight excluding hydrogens is 466 g/mol. The molecule has 1 saturated heterocycles. The van der Waals surface area contributed by atoms with Crippen LogP contribution in [0.25, 0.3) is 10.9 Å². The van der Waals surface area contributed by atoms with Crippen LogP contribution in [-0.2, 0) is 4.79 Å². The average molecular weight is 500 g/mol. The number of nitriles is 1. The third-order valence-corrected chi connectivity index (χ3v) is 7.49. The number of benzene rings is 1. The van der Waals surface area contributed by atoms with Crippen LogP contribution in [0.3, 0.4) is 0 Å². The summed E-state index contributed by atoms with van der Waals surface area (Å²) >= 11 is 6.22. The lowest BCUT2D eigenvalue weighted by Crippen LogP contribution is -2.58. The van der Waals surface area contributed by atoms with Crippen LogP contribution in [0.1, 0.15) is 69.8 Å². The maximum absolute atomic E-state index is 13.3. The molecule has 9 heteroatoms. The zero-order valence-corrected chi connectivity index (χ0v) is 21.2. The number of nitrogens with zero attached hydrogens (tertiary/aromatic N) is 1. The van der Waals surface area contributed by atoms with Crippen molar-refractivity contribution >= 4 is 34.3 Å². The molecule has 8 nitrogen and oxygen atoms in total. The summed E-state index contributed by atoms with van der Waals surface area (Å²) in [6.07, 6.45) is 3.73. The van der Waals surface area contributed by atoms with Gasteiger partial charge in [0.1, 0.15) is 23.5 Å². The fourth-order valence-corrected chi connectivity index (χ4v) is 5.14. The molecule has 2 aliphatic rings. The molecule has 2 aromatic rings. The van der Waals surface area contributed by atoms with E-state index in [4.69, 9.17) is 11.6 Å². The van der Waals surface area contributed by atoms with Gasteiger partial charge in [0.15, 0.2) is 0 Å². The number of aliphatic hydroxyl groups is 1. The summed E-state index contributed by atoms with van der Waals surface area (Å²) in [4.78, 5) is 29.4. The van der Waals surface area contributed by atoms with Gasteiger partial charge < -0.3 is 20.7 Å². The summed E-state index contributed by atoms with van der Waals surface area (Å²) < 4.78 is 0. The molecule has 0 radical (unpaired) electrons. The van der Waals surface area contributed by atoms with Gasteiger partial charge in [0.05, 0.1) is 16.6 Å². The van der Waals surface area contributed by atoms with Gasteiger partial charge in [0, 0.05) is 16.8 Å². The van der Waals surface area contributed by atoms with Crippen molar-refractivity contribution < 1.29 is 14.7 Å². The molecule has 5 N–H and O–H groups in total. The number of H-pyrrole nitrogens is 1. The molecule has 0 bridgehead atoms. The number of carbonyl (C=O) groups is 2. The number of halogens is 1. The minimum Gasteiger partial charge on any atom is -0.378 e. The highest BCUT2D eigenvalue weighted by Gasteiger charge is 2.40. The number of nitrogens with one attached hydrogen (secondary N) is 4. The Bertz CT molecular complexity index is 1150. The number of hydrogen-bond donors (Lipinski definition) is 5. The molecule has 1 aliphatic carbocycles. The lowest BCUT2D eigenvalue weighted by atomic mass is 9.79. The summed E-state index contributed by atoms with van der Waals surface area (Å²) in [5.74, 6) is -0.573. The lowest BCUT2D eigenvalue weighted by molar-refractivity contribution is -0.125. The molecule has 1 aliphatic heterocycles. The van der Waals surface area contributed by atoms with Crippen molar-refractivity contribution in [3.05, 3.63) is 35.0 Å². The number of piperidine rings is 1. The molecule has 2 heterocycles. The van der Waals surface area contributed by atoms with Gasteiger partial charge >= 0.3 is 0 Å². The van der Waals surface area contributed by atoms with Crippen molar-refractivity contribution in [2.24, 2.45) is 11.8 Å². The van der Waals surface area contributed by atoms with E-state index in [-0.39, 0.29) is 17.4 Å². The van der Waals surface area contributed by atoms with Crippen LogP contribution < -0.4 is 16.0 Å². The quantitative estimate of drug-likeness (QED) is 0.379. The molecule has 4 rings (SSSR count). The van der Waals surface area contributed by atoms with Crippen LogP contribution in [0.15, 0.2) is 24.3 Å². The molecule has 1 aromatic carbocycles. The SMILES string of the molecule is CC1(C)CCC(CC(C)(C#N)NC(=O)C(CC2CC2)NC(=O)c2cc3cccc(Cl)c3[nH]2)C(O)N1. The van der Waals surface area contributed by atoms with Gasteiger partial charge in [0.2, 0.25) is 5.91 Å². The highest BCUT2D eigenvalue weighted by molar-refractivity contribution is 6.35. The second kappa shape index (κ2) is 9.81. The van der Waals surface area contributed by atoms with Crippen molar-refractivity contribution in [2.75, 3.05) is 0 Å². The predicted molar refractivity (Wildman–Crippen MR) is 135 cm³/mol. The topological polar surface area (TPSA) is 130 Å². The molecular formula is C26H34ClN5O3. The summed E-state index contributed by atoms with van der Waals surface area (Å²) in [6, 6.07) is 8.58. The number of aromatic amines is 1. The van der Waals surface area contributed by atoms with Gasteiger partial charge in [-0.1, -0.05) is 36.6 Å². The van der Waals surface area contributed by atoms with E-state index in [0.29, 0.717) is 35.0 Å². The molecule has 1 aromatic heterocycles. The van der Waals surface area contributed by atoms with Gasteiger partial charge in [-0.25, -0.2) is 0 Å². The molecule has 4 unspecified atom stereocenters. The first-order valence-electron chi connectivity index (χ1n) is 12.3. The van der Waals surface area contributed by atoms with Gasteiger partial charge in [-0.2, -0.15) is 5.26 Å². The molecule has 1 saturated carbocycles. The van der Waals surface area contributed by atoms with E-state index in [2.05, 4.69) is 27.0 Å².